The van der Waals surface area contributed by atoms with E-state index in [1.54, 1.807) is 13.8 Å². The molecule has 0 radical (unpaired) electrons. The van der Waals surface area contributed by atoms with E-state index in [4.69, 9.17) is 11.5 Å². The summed E-state index contributed by atoms with van der Waals surface area (Å²) in [6.07, 6.45) is 1.64. The number of nitrogens with two attached hydrogens (primary N) is 2. The molecule has 0 aliphatic rings. The standard InChI is InChI=1S/C23H37N5O7/c1-13(2)19(22(33)26-17(23(34)35)11-14-6-8-15(30)9-7-14)28-21(32)18(12-29)27-20(31)16(25)5-3-4-10-24/h6-9,13,16-19,29-30H,3-5,10-12,24-25H2,1-2H3,(H,26,33)(H,27,31)(H,28,32)(H,34,35). The van der Waals surface area contributed by atoms with Crippen LogP contribution in [0.3, 0.4) is 0 Å². The second-order valence-electron chi connectivity index (χ2n) is 8.63. The van der Waals surface area contributed by atoms with Crippen LogP contribution >= 0.6 is 0 Å². The van der Waals surface area contributed by atoms with Crippen LogP contribution in [0, 0.1) is 5.92 Å². The Hall–Kier alpha value is -3.22. The zero-order valence-corrected chi connectivity index (χ0v) is 20.1. The zero-order chi connectivity index (χ0) is 26.5. The Bertz CT molecular complexity index is 847. The van der Waals surface area contributed by atoms with Gasteiger partial charge in [0, 0.05) is 6.42 Å². The van der Waals surface area contributed by atoms with Gasteiger partial charge in [-0.3, -0.25) is 14.4 Å². The second kappa shape index (κ2) is 14.9. The van der Waals surface area contributed by atoms with Gasteiger partial charge in [-0.05, 0) is 43.0 Å². The summed E-state index contributed by atoms with van der Waals surface area (Å²) in [5.74, 6) is -3.86. The van der Waals surface area contributed by atoms with Gasteiger partial charge in [-0.2, -0.15) is 0 Å². The summed E-state index contributed by atoms with van der Waals surface area (Å²) < 4.78 is 0. The van der Waals surface area contributed by atoms with Crippen LogP contribution in [0.5, 0.6) is 5.75 Å². The molecule has 4 atom stereocenters. The van der Waals surface area contributed by atoms with E-state index in [1.165, 1.54) is 24.3 Å². The van der Waals surface area contributed by atoms with Crippen molar-refractivity contribution in [3.8, 4) is 5.75 Å². The van der Waals surface area contributed by atoms with Gasteiger partial charge < -0.3 is 42.7 Å². The van der Waals surface area contributed by atoms with E-state index in [9.17, 15) is 34.5 Å². The Labute approximate surface area is 204 Å². The van der Waals surface area contributed by atoms with Crippen LogP contribution < -0.4 is 27.4 Å². The van der Waals surface area contributed by atoms with Crippen LogP contribution in [0.2, 0.25) is 0 Å². The van der Waals surface area contributed by atoms with E-state index < -0.39 is 60.4 Å². The fraction of sp³-hybridized carbons (Fsp3) is 0.565. The molecule has 0 aromatic heterocycles. The number of unbranched alkanes of at least 4 members (excludes halogenated alkanes) is 1. The third kappa shape index (κ3) is 10.3. The molecule has 0 saturated heterocycles. The van der Waals surface area contributed by atoms with Gasteiger partial charge in [0.2, 0.25) is 17.7 Å². The molecular formula is C23H37N5O7. The molecule has 1 aromatic carbocycles. The predicted molar refractivity (Wildman–Crippen MR) is 128 cm³/mol. The minimum atomic E-state index is -1.34. The number of aromatic hydroxyl groups is 1. The van der Waals surface area contributed by atoms with Crippen LogP contribution in [0.1, 0.15) is 38.7 Å². The average molecular weight is 496 g/mol. The lowest BCUT2D eigenvalue weighted by molar-refractivity contribution is -0.142. The summed E-state index contributed by atoms with van der Waals surface area (Å²) in [6.45, 7) is 3.05. The van der Waals surface area contributed by atoms with Gasteiger partial charge in [-0.1, -0.05) is 32.4 Å². The highest BCUT2D eigenvalue weighted by Gasteiger charge is 2.31. The summed E-state index contributed by atoms with van der Waals surface area (Å²) in [7, 11) is 0. The van der Waals surface area contributed by atoms with Crippen molar-refractivity contribution >= 4 is 23.7 Å². The monoisotopic (exact) mass is 495 g/mol. The fourth-order valence-corrected chi connectivity index (χ4v) is 3.23. The fourth-order valence-electron chi connectivity index (χ4n) is 3.23. The van der Waals surface area contributed by atoms with Crippen LogP contribution in [-0.4, -0.2) is 76.3 Å². The average Bonchev–Trinajstić information content (AvgIpc) is 2.81. The number of phenolic OH excluding ortho intramolecular Hbond substituents is 1. The largest absolute Gasteiger partial charge is 0.508 e. The zero-order valence-electron chi connectivity index (χ0n) is 20.1. The Morgan fingerprint density at radius 3 is 2.03 bits per heavy atom. The molecule has 4 unspecified atom stereocenters. The minimum absolute atomic E-state index is 0.0225. The molecule has 12 nitrogen and oxygen atoms in total. The Morgan fingerprint density at radius 1 is 0.914 bits per heavy atom. The molecule has 0 aliphatic heterocycles. The van der Waals surface area contributed by atoms with Crippen molar-refractivity contribution in [1.29, 1.82) is 0 Å². The maximum absolute atomic E-state index is 12.9. The predicted octanol–water partition coefficient (Wildman–Crippen LogP) is -1.42. The lowest BCUT2D eigenvalue weighted by Gasteiger charge is -2.26. The number of carboxylic acid groups (broad SMARTS) is 1. The number of aliphatic hydroxyl groups is 1. The van der Waals surface area contributed by atoms with Crippen LogP contribution in [0.25, 0.3) is 0 Å². The lowest BCUT2D eigenvalue weighted by atomic mass is 10.0. The van der Waals surface area contributed by atoms with E-state index in [-0.39, 0.29) is 12.2 Å². The topological polar surface area (TPSA) is 217 Å². The number of nitrogens with one attached hydrogen (secondary N) is 3. The molecule has 1 aromatic rings. The first kappa shape index (κ1) is 29.8. The maximum atomic E-state index is 12.9. The number of carboxylic acids is 1. The van der Waals surface area contributed by atoms with E-state index in [2.05, 4.69) is 16.0 Å². The first-order valence-corrected chi connectivity index (χ1v) is 11.5. The number of hydrogen-bond acceptors (Lipinski definition) is 8. The molecule has 0 heterocycles. The summed E-state index contributed by atoms with van der Waals surface area (Å²) in [4.78, 5) is 49.5. The van der Waals surface area contributed by atoms with E-state index in [1.807, 2.05) is 0 Å². The number of phenols is 1. The van der Waals surface area contributed by atoms with Gasteiger partial charge in [0.15, 0.2) is 0 Å². The number of aliphatic hydroxyl groups excluding tert-OH is 1. The van der Waals surface area contributed by atoms with E-state index in [0.717, 1.165) is 0 Å². The van der Waals surface area contributed by atoms with Gasteiger partial charge in [0.25, 0.3) is 0 Å². The molecule has 3 amide bonds. The van der Waals surface area contributed by atoms with Crippen molar-refractivity contribution in [1.82, 2.24) is 16.0 Å². The highest BCUT2D eigenvalue weighted by Crippen LogP contribution is 2.12. The molecule has 0 fully saturated rings. The van der Waals surface area contributed by atoms with Crippen LogP contribution in [0.15, 0.2) is 24.3 Å². The number of amides is 3. The third-order valence-corrected chi connectivity index (χ3v) is 5.36. The maximum Gasteiger partial charge on any atom is 0.326 e. The van der Waals surface area contributed by atoms with Crippen LogP contribution in [0.4, 0.5) is 0 Å². The second-order valence-corrected chi connectivity index (χ2v) is 8.63. The smallest absolute Gasteiger partial charge is 0.326 e. The Balaban J connectivity index is 2.82. The van der Waals surface area contributed by atoms with Gasteiger partial charge in [-0.25, -0.2) is 4.79 Å². The molecule has 0 spiro atoms. The number of carbonyl (C=O) groups is 4. The number of rotatable bonds is 15. The van der Waals surface area contributed by atoms with E-state index in [0.29, 0.717) is 31.4 Å². The summed E-state index contributed by atoms with van der Waals surface area (Å²) in [5.41, 5.74) is 11.8. The lowest BCUT2D eigenvalue weighted by Crippen LogP contribution is -2.59. The Morgan fingerprint density at radius 2 is 1.51 bits per heavy atom. The van der Waals surface area contributed by atoms with Crippen molar-refractivity contribution in [2.24, 2.45) is 17.4 Å². The van der Waals surface area contributed by atoms with Gasteiger partial charge >= 0.3 is 5.97 Å². The normalized spacial score (nSPS) is 14.5. The third-order valence-electron chi connectivity index (χ3n) is 5.36. The molecule has 0 saturated carbocycles. The minimum Gasteiger partial charge on any atom is -0.508 e. The molecule has 1 rings (SSSR count). The summed E-state index contributed by atoms with van der Waals surface area (Å²) >= 11 is 0. The molecular weight excluding hydrogens is 458 g/mol. The molecule has 10 N–H and O–H groups in total. The van der Waals surface area contributed by atoms with Gasteiger partial charge in [0.1, 0.15) is 23.9 Å². The highest BCUT2D eigenvalue weighted by molar-refractivity contribution is 5.94. The summed E-state index contributed by atoms with van der Waals surface area (Å²) in [6, 6.07) is 1.23. The van der Waals surface area contributed by atoms with Crippen molar-refractivity contribution in [2.45, 2.75) is 63.7 Å². The highest BCUT2D eigenvalue weighted by atomic mass is 16.4. The van der Waals surface area contributed by atoms with Crippen molar-refractivity contribution in [2.75, 3.05) is 13.2 Å². The molecule has 0 bridgehead atoms. The molecule has 12 heteroatoms. The molecule has 0 aliphatic carbocycles. The van der Waals surface area contributed by atoms with Crippen LogP contribution in [-0.2, 0) is 25.6 Å². The summed E-state index contributed by atoms with van der Waals surface area (Å²) in [5, 5.41) is 35.8. The number of benzene rings is 1. The number of hydrogen-bond donors (Lipinski definition) is 8. The van der Waals surface area contributed by atoms with E-state index >= 15 is 0 Å². The molecule has 35 heavy (non-hydrogen) atoms. The van der Waals surface area contributed by atoms with Gasteiger partial charge in [-0.15, -0.1) is 0 Å². The number of aliphatic carboxylic acids is 1. The van der Waals surface area contributed by atoms with Crippen molar-refractivity contribution in [3.63, 3.8) is 0 Å². The number of carbonyl (C=O) groups excluding carboxylic acids is 3. The van der Waals surface area contributed by atoms with Crippen molar-refractivity contribution in [3.05, 3.63) is 29.8 Å². The van der Waals surface area contributed by atoms with Crippen molar-refractivity contribution < 1.29 is 34.5 Å². The first-order chi connectivity index (χ1) is 16.5. The molecule has 196 valence electrons. The Kier molecular flexibility index (Phi) is 12.7. The SMILES string of the molecule is CC(C)C(NC(=O)C(CO)NC(=O)C(N)CCCCN)C(=O)NC(Cc1ccc(O)cc1)C(=O)O. The quantitative estimate of drug-likeness (QED) is 0.134. The van der Waals surface area contributed by atoms with Gasteiger partial charge in [0.05, 0.1) is 12.6 Å². The first-order valence-electron chi connectivity index (χ1n) is 11.5.